The number of aryl methyl sites for hydroxylation is 1. The molecular weight excluding hydrogens is 247 g/mol. The molecule has 0 aliphatic rings. The van der Waals surface area contributed by atoms with Crippen LogP contribution in [0.4, 0.5) is 5.69 Å². The van der Waals surface area contributed by atoms with Gasteiger partial charge < -0.3 is 5.32 Å². The summed E-state index contributed by atoms with van der Waals surface area (Å²) in [6.07, 6.45) is 1.52. The first kappa shape index (κ1) is 11.2. The van der Waals surface area contributed by atoms with Crippen LogP contribution < -0.4 is 5.32 Å². The van der Waals surface area contributed by atoms with E-state index in [-0.39, 0.29) is 0 Å². The maximum Gasteiger partial charge on any atom is 0.145 e. The van der Waals surface area contributed by atoms with Crippen molar-refractivity contribution in [2.24, 2.45) is 7.05 Å². The summed E-state index contributed by atoms with van der Waals surface area (Å²) in [7, 11) is 1.84. The Morgan fingerprint density at radius 2 is 1.94 bits per heavy atom. The molecule has 2 aromatic rings. The maximum absolute atomic E-state index is 5.88. The van der Waals surface area contributed by atoms with Gasteiger partial charge in [-0.1, -0.05) is 23.2 Å². The second-order valence-electron chi connectivity index (χ2n) is 3.31. The summed E-state index contributed by atoms with van der Waals surface area (Å²) in [5.74, 6) is 0.844. The Hall–Kier alpha value is -1.26. The first-order valence-corrected chi connectivity index (χ1v) is 5.43. The van der Waals surface area contributed by atoms with Crippen LogP contribution in [0.15, 0.2) is 24.5 Å². The Kier molecular flexibility index (Phi) is 3.31. The third-order valence-electron chi connectivity index (χ3n) is 2.12. The van der Waals surface area contributed by atoms with E-state index < -0.39 is 0 Å². The van der Waals surface area contributed by atoms with E-state index in [4.69, 9.17) is 23.2 Å². The van der Waals surface area contributed by atoms with Gasteiger partial charge in [-0.05, 0) is 18.2 Å². The van der Waals surface area contributed by atoms with Gasteiger partial charge in [0, 0.05) is 22.8 Å². The molecule has 0 radical (unpaired) electrons. The maximum atomic E-state index is 5.88. The lowest BCUT2D eigenvalue weighted by atomic mass is 10.3. The van der Waals surface area contributed by atoms with E-state index in [0.717, 1.165) is 11.5 Å². The number of nitrogens with one attached hydrogen (secondary N) is 1. The number of rotatable bonds is 3. The summed E-state index contributed by atoms with van der Waals surface area (Å²) in [5, 5.41) is 8.36. The summed E-state index contributed by atoms with van der Waals surface area (Å²) in [6, 6.07) is 5.31. The van der Waals surface area contributed by atoms with Crippen molar-refractivity contribution in [2.45, 2.75) is 6.54 Å². The number of hydrogen-bond acceptors (Lipinski definition) is 3. The molecule has 1 aromatic heterocycles. The first-order chi connectivity index (χ1) is 7.65. The first-order valence-electron chi connectivity index (χ1n) is 4.68. The van der Waals surface area contributed by atoms with Crippen LogP contribution >= 0.6 is 23.2 Å². The molecule has 0 unspecified atom stereocenters. The highest BCUT2D eigenvalue weighted by molar-refractivity contribution is 6.35. The normalized spacial score (nSPS) is 10.4. The minimum atomic E-state index is 0.577. The van der Waals surface area contributed by atoms with Crippen LogP contribution in [0.5, 0.6) is 0 Å². The number of hydrogen-bond donors (Lipinski definition) is 1. The van der Waals surface area contributed by atoms with Gasteiger partial charge in [0.25, 0.3) is 0 Å². The molecule has 1 N–H and O–H groups in total. The Morgan fingerprint density at radius 3 is 2.50 bits per heavy atom. The smallest absolute Gasteiger partial charge is 0.145 e. The largest absolute Gasteiger partial charge is 0.378 e. The van der Waals surface area contributed by atoms with Crippen molar-refractivity contribution in [3.8, 4) is 0 Å². The monoisotopic (exact) mass is 256 g/mol. The Balaban J connectivity index is 2.07. The molecule has 0 saturated carbocycles. The van der Waals surface area contributed by atoms with Gasteiger partial charge in [0.1, 0.15) is 12.2 Å². The van der Waals surface area contributed by atoms with E-state index in [1.807, 2.05) is 19.2 Å². The second-order valence-corrected chi connectivity index (χ2v) is 4.18. The molecule has 6 heteroatoms. The fourth-order valence-electron chi connectivity index (χ4n) is 1.32. The van der Waals surface area contributed by atoms with Gasteiger partial charge in [-0.15, -0.1) is 0 Å². The molecule has 0 aliphatic heterocycles. The van der Waals surface area contributed by atoms with E-state index in [1.54, 1.807) is 10.7 Å². The topological polar surface area (TPSA) is 42.7 Å². The van der Waals surface area contributed by atoms with Crippen molar-refractivity contribution in [2.75, 3.05) is 5.32 Å². The number of anilines is 1. The molecular formula is C10H10Cl2N4. The third kappa shape index (κ3) is 2.65. The van der Waals surface area contributed by atoms with Crippen molar-refractivity contribution in [1.82, 2.24) is 14.8 Å². The zero-order chi connectivity index (χ0) is 11.5. The standard InChI is InChI=1S/C10H10Cl2N4/c1-16-10(14-6-15-16)5-13-9-3-7(11)2-8(12)4-9/h2-4,6,13H,5H2,1H3. The van der Waals surface area contributed by atoms with E-state index in [0.29, 0.717) is 16.6 Å². The molecule has 0 saturated heterocycles. The van der Waals surface area contributed by atoms with Crippen LogP contribution in [0, 0.1) is 0 Å². The Labute approximate surface area is 103 Å². The fraction of sp³-hybridized carbons (Fsp3) is 0.200. The van der Waals surface area contributed by atoms with E-state index in [9.17, 15) is 0 Å². The molecule has 0 bridgehead atoms. The van der Waals surface area contributed by atoms with Crippen LogP contribution in [-0.4, -0.2) is 14.8 Å². The van der Waals surface area contributed by atoms with Crippen LogP contribution in [-0.2, 0) is 13.6 Å². The molecule has 0 aliphatic carbocycles. The number of aromatic nitrogens is 3. The molecule has 1 heterocycles. The lowest BCUT2D eigenvalue weighted by molar-refractivity contribution is 0.712. The lowest BCUT2D eigenvalue weighted by Crippen LogP contribution is -2.06. The quantitative estimate of drug-likeness (QED) is 0.919. The summed E-state index contributed by atoms with van der Waals surface area (Å²) in [4.78, 5) is 4.10. The molecule has 0 spiro atoms. The van der Waals surface area contributed by atoms with Gasteiger partial charge in [0.2, 0.25) is 0 Å². The average Bonchev–Trinajstić information content (AvgIpc) is 2.59. The molecule has 84 valence electrons. The fourth-order valence-corrected chi connectivity index (χ4v) is 1.84. The van der Waals surface area contributed by atoms with Gasteiger partial charge in [0.15, 0.2) is 0 Å². The van der Waals surface area contributed by atoms with Crippen LogP contribution in [0.25, 0.3) is 0 Å². The van der Waals surface area contributed by atoms with Crippen LogP contribution in [0.1, 0.15) is 5.82 Å². The van der Waals surface area contributed by atoms with E-state index in [2.05, 4.69) is 15.4 Å². The highest BCUT2D eigenvalue weighted by atomic mass is 35.5. The number of nitrogens with zero attached hydrogens (tertiary/aromatic N) is 3. The number of benzene rings is 1. The van der Waals surface area contributed by atoms with Gasteiger partial charge >= 0.3 is 0 Å². The molecule has 0 amide bonds. The predicted octanol–water partition coefficient (Wildman–Crippen LogP) is 2.73. The van der Waals surface area contributed by atoms with Crippen LogP contribution in [0.2, 0.25) is 10.0 Å². The van der Waals surface area contributed by atoms with E-state index in [1.165, 1.54) is 6.33 Å². The lowest BCUT2D eigenvalue weighted by Gasteiger charge is -2.06. The average molecular weight is 257 g/mol. The molecule has 2 rings (SSSR count). The zero-order valence-corrected chi connectivity index (χ0v) is 10.1. The van der Waals surface area contributed by atoms with Gasteiger partial charge in [-0.2, -0.15) is 5.10 Å². The van der Waals surface area contributed by atoms with Gasteiger partial charge in [0.05, 0.1) is 6.54 Å². The minimum Gasteiger partial charge on any atom is -0.378 e. The van der Waals surface area contributed by atoms with Crippen molar-refractivity contribution >= 4 is 28.9 Å². The highest BCUT2D eigenvalue weighted by Crippen LogP contribution is 2.22. The zero-order valence-electron chi connectivity index (χ0n) is 8.61. The molecule has 1 aromatic carbocycles. The van der Waals surface area contributed by atoms with Crippen molar-refractivity contribution in [3.63, 3.8) is 0 Å². The minimum absolute atomic E-state index is 0.577. The van der Waals surface area contributed by atoms with Crippen molar-refractivity contribution in [3.05, 3.63) is 40.4 Å². The summed E-state index contributed by atoms with van der Waals surface area (Å²) < 4.78 is 1.71. The molecule has 4 nitrogen and oxygen atoms in total. The van der Waals surface area contributed by atoms with Crippen molar-refractivity contribution in [1.29, 1.82) is 0 Å². The summed E-state index contributed by atoms with van der Waals surface area (Å²) in [6.45, 7) is 0.577. The van der Waals surface area contributed by atoms with Crippen LogP contribution in [0.3, 0.4) is 0 Å². The Bertz CT molecular complexity index is 475. The predicted molar refractivity (Wildman–Crippen MR) is 64.8 cm³/mol. The summed E-state index contributed by atoms with van der Waals surface area (Å²) in [5.41, 5.74) is 0.862. The Morgan fingerprint density at radius 1 is 1.25 bits per heavy atom. The summed E-state index contributed by atoms with van der Waals surface area (Å²) >= 11 is 11.8. The molecule has 0 atom stereocenters. The number of halogens is 2. The SMILES string of the molecule is Cn1ncnc1CNc1cc(Cl)cc(Cl)c1. The van der Waals surface area contributed by atoms with Crippen molar-refractivity contribution < 1.29 is 0 Å². The van der Waals surface area contributed by atoms with Gasteiger partial charge in [-0.25, -0.2) is 4.98 Å². The third-order valence-corrected chi connectivity index (χ3v) is 2.55. The van der Waals surface area contributed by atoms with Gasteiger partial charge in [-0.3, -0.25) is 4.68 Å². The molecule has 0 fully saturated rings. The highest BCUT2D eigenvalue weighted by Gasteiger charge is 2.01. The second kappa shape index (κ2) is 4.72. The van der Waals surface area contributed by atoms with E-state index >= 15 is 0 Å². The molecule has 16 heavy (non-hydrogen) atoms.